The monoisotopic (exact) mass is 405 g/mol. The normalized spacial score (nSPS) is 11.0. The first-order valence-corrected chi connectivity index (χ1v) is 10.00. The van der Waals surface area contributed by atoms with Crippen molar-refractivity contribution in [2.75, 3.05) is 5.32 Å². The highest BCUT2D eigenvalue weighted by Crippen LogP contribution is 2.21. The lowest BCUT2D eigenvalue weighted by Crippen LogP contribution is -2.22. The van der Waals surface area contributed by atoms with Crippen molar-refractivity contribution in [3.63, 3.8) is 0 Å². The minimum absolute atomic E-state index is 0.138. The number of amides is 1. The average molecular weight is 405 g/mol. The van der Waals surface area contributed by atoms with Gasteiger partial charge >= 0.3 is 0 Å². The molecule has 1 aromatic heterocycles. The van der Waals surface area contributed by atoms with Crippen molar-refractivity contribution in [2.24, 2.45) is 0 Å². The maximum absolute atomic E-state index is 13.1. The molecule has 0 spiro atoms. The third-order valence-electron chi connectivity index (χ3n) is 5.34. The van der Waals surface area contributed by atoms with Crippen LogP contribution in [0.2, 0.25) is 0 Å². The zero-order chi connectivity index (χ0) is 21.4. The first kappa shape index (κ1) is 18.8. The number of anilines is 1. The Morgan fingerprint density at radius 3 is 2.42 bits per heavy atom. The van der Waals surface area contributed by atoms with Crippen molar-refractivity contribution < 1.29 is 4.79 Å². The molecule has 1 N–H and O–H groups in total. The van der Waals surface area contributed by atoms with Gasteiger partial charge in [-0.3, -0.25) is 14.2 Å². The Balaban J connectivity index is 1.54. The van der Waals surface area contributed by atoms with Crippen molar-refractivity contribution in [1.82, 2.24) is 9.55 Å². The van der Waals surface area contributed by atoms with Crippen molar-refractivity contribution in [3.8, 4) is 5.69 Å². The fourth-order valence-corrected chi connectivity index (χ4v) is 3.89. The average Bonchev–Trinajstić information content (AvgIpc) is 2.79. The molecule has 0 saturated heterocycles. The van der Waals surface area contributed by atoms with Crippen LogP contribution in [0.5, 0.6) is 0 Å². The highest BCUT2D eigenvalue weighted by atomic mass is 16.1. The Hall–Kier alpha value is -4.25. The van der Waals surface area contributed by atoms with Crippen LogP contribution >= 0.6 is 0 Å². The Morgan fingerprint density at radius 1 is 0.839 bits per heavy atom. The van der Waals surface area contributed by atoms with E-state index in [0.717, 1.165) is 10.8 Å². The number of hydrogen-bond acceptors (Lipinski definition) is 3. The molecule has 1 amide bonds. The molecule has 0 atom stereocenters. The van der Waals surface area contributed by atoms with Crippen LogP contribution in [0, 0.1) is 6.92 Å². The number of para-hydroxylation sites is 1. The van der Waals surface area contributed by atoms with Gasteiger partial charge in [-0.25, -0.2) is 4.98 Å². The topological polar surface area (TPSA) is 64.0 Å². The van der Waals surface area contributed by atoms with E-state index in [1.165, 1.54) is 0 Å². The maximum atomic E-state index is 13.1. The Kier molecular flexibility index (Phi) is 4.56. The molecular weight excluding hydrogens is 386 g/mol. The smallest absolute Gasteiger partial charge is 0.265 e. The second-order valence-corrected chi connectivity index (χ2v) is 7.35. The summed E-state index contributed by atoms with van der Waals surface area (Å²) in [6, 6.07) is 28.0. The number of nitrogens with one attached hydrogen (secondary N) is 1. The molecule has 0 aliphatic rings. The summed E-state index contributed by atoms with van der Waals surface area (Å²) in [5.41, 5.74) is 2.39. The molecule has 150 valence electrons. The van der Waals surface area contributed by atoms with Crippen LogP contribution in [0.4, 0.5) is 5.69 Å². The van der Waals surface area contributed by atoms with Gasteiger partial charge in [0.05, 0.1) is 16.6 Å². The molecule has 1 heterocycles. The summed E-state index contributed by atoms with van der Waals surface area (Å²) in [7, 11) is 0. The highest BCUT2D eigenvalue weighted by molar-refractivity contribution is 6.13. The lowest BCUT2D eigenvalue weighted by atomic mass is 10.0. The second kappa shape index (κ2) is 7.54. The summed E-state index contributed by atoms with van der Waals surface area (Å²) >= 11 is 0. The van der Waals surface area contributed by atoms with E-state index in [9.17, 15) is 9.59 Å². The molecule has 5 aromatic rings. The van der Waals surface area contributed by atoms with E-state index in [0.29, 0.717) is 33.7 Å². The van der Waals surface area contributed by atoms with Crippen molar-refractivity contribution in [2.45, 2.75) is 6.92 Å². The summed E-state index contributed by atoms with van der Waals surface area (Å²) < 4.78 is 1.57. The lowest BCUT2D eigenvalue weighted by molar-refractivity contribution is 0.102. The van der Waals surface area contributed by atoms with Crippen molar-refractivity contribution >= 4 is 33.3 Å². The predicted octanol–water partition coefficient (Wildman–Crippen LogP) is 5.10. The molecule has 0 radical (unpaired) electrons. The summed E-state index contributed by atoms with van der Waals surface area (Å²) in [5.74, 6) is 0.385. The number of carbonyl (C=O) groups is 1. The van der Waals surface area contributed by atoms with Crippen LogP contribution in [0.3, 0.4) is 0 Å². The summed E-state index contributed by atoms with van der Waals surface area (Å²) in [6.07, 6.45) is 0. The fraction of sp³-hybridized carbons (Fsp3) is 0.0385. The molecule has 5 rings (SSSR count). The molecule has 0 bridgehead atoms. The largest absolute Gasteiger partial charge is 0.322 e. The summed E-state index contributed by atoms with van der Waals surface area (Å²) in [4.78, 5) is 30.6. The van der Waals surface area contributed by atoms with Crippen LogP contribution in [0.15, 0.2) is 95.8 Å². The molecule has 31 heavy (non-hydrogen) atoms. The van der Waals surface area contributed by atoms with Gasteiger partial charge < -0.3 is 5.32 Å². The molecular formula is C26H19N3O2. The highest BCUT2D eigenvalue weighted by Gasteiger charge is 2.13. The van der Waals surface area contributed by atoms with Gasteiger partial charge in [-0.15, -0.1) is 0 Å². The van der Waals surface area contributed by atoms with Gasteiger partial charge in [-0.05, 0) is 54.1 Å². The van der Waals surface area contributed by atoms with Crippen LogP contribution in [-0.4, -0.2) is 15.5 Å². The number of aryl methyl sites for hydroxylation is 1. The zero-order valence-electron chi connectivity index (χ0n) is 16.9. The number of benzene rings is 4. The zero-order valence-corrected chi connectivity index (χ0v) is 16.9. The first-order chi connectivity index (χ1) is 15.1. The van der Waals surface area contributed by atoms with Crippen LogP contribution in [-0.2, 0) is 0 Å². The van der Waals surface area contributed by atoms with Crippen LogP contribution in [0.25, 0.3) is 27.4 Å². The minimum atomic E-state index is -0.199. The molecule has 4 aromatic carbocycles. The Bertz CT molecular complexity index is 1510. The van der Waals surface area contributed by atoms with Crippen LogP contribution in [0.1, 0.15) is 16.2 Å². The summed E-state index contributed by atoms with van der Waals surface area (Å²) in [6.45, 7) is 1.80. The molecule has 0 aliphatic heterocycles. The molecule has 5 nitrogen and oxygen atoms in total. The van der Waals surface area contributed by atoms with Gasteiger partial charge in [-0.1, -0.05) is 54.6 Å². The van der Waals surface area contributed by atoms with E-state index in [1.807, 2.05) is 72.8 Å². The van der Waals surface area contributed by atoms with Gasteiger partial charge in [0.15, 0.2) is 0 Å². The third-order valence-corrected chi connectivity index (χ3v) is 5.34. The number of hydrogen-bond donors (Lipinski definition) is 1. The minimum Gasteiger partial charge on any atom is -0.322 e. The fourth-order valence-electron chi connectivity index (χ4n) is 3.89. The molecule has 0 fully saturated rings. The van der Waals surface area contributed by atoms with E-state index >= 15 is 0 Å². The molecule has 0 aliphatic carbocycles. The van der Waals surface area contributed by atoms with Gasteiger partial charge in [0.1, 0.15) is 5.82 Å². The SMILES string of the molecule is Cc1nc2ccccc2c(=O)n1-c1cccc(NC(=O)c2cccc3ccccc23)c1. The molecule has 0 unspecified atom stereocenters. The third kappa shape index (κ3) is 3.36. The Labute approximate surface area is 178 Å². The standard InChI is InChI=1S/C26H19N3O2/c1-17-27-24-15-5-4-13-23(24)26(31)29(17)20-11-7-10-19(16-20)28-25(30)22-14-6-9-18-8-2-3-12-21(18)22/h2-16H,1H3,(H,28,30). The van der Waals surface area contributed by atoms with Gasteiger partial charge in [0, 0.05) is 11.3 Å². The van der Waals surface area contributed by atoms with Crippen LogP contribution < -0.4 is 10.9 Å². The molecule has 0 saturated carbocycles. The van der Waals surface area contributed by atoms with Gasteiger partial charge in [0.2, 0.25) is 0 Å². The lowest BCUT2D eigenvalue weighted by Gasteiger charge is -2.13. The quantitative estimate of drug-likeness (QED) is 0.454. The number of fused-ring (bicyclic) bond motifs is 2. The number of rotatable bonds is 3. The van der Waals surface area contributed by atoms with E-state index in [4.69, 9.17) is 0 Å². The predicted molar refractivity (Wildman–Crippen MR) is 124 cm³/mol. The first-order valence-electron chi connectivity index (χ1n) is 10.00. The molecule has 5 heteroatoms. The van der Waals surface area contributed by atoms with Gasteiger partial charge in [0.25, 0.3) is 11.5 Å². The number of aromatic nitrogens is 2. The second-order valence-electron chi connectivity index (χ2n) is 7.35. The number of carbonyl (C=O) groups excluding carboxylic acids is 1. The maximum Gasteiger partial charge on any atom is 0.265 e. The summed E-state index contributed by atoms with van der Waals surface area (Å²) in [5, 5.41) is 5.42. The van der Waals surface area contributed by atoms with E-state index in [2.05, 4.69) is 10.3 Å². The van der Waals surface area contributed by atoms with Gasteiger partial charge in [-0.2, -0.15) is 0 Å². The Morgan fingerprint density at radius 2 is 1.55 bits per heavy atom. The van der Waals surface area contributed by atoms with Crippen molar-refractivity contribution in [3.05, 3.63) is 113 Å². The van der Waals surface area contributed by atoms with E-state index in [1.54, 1.807) is 29.7 Å². The van der Waals surface area contributed by atoms with E-state index in [-0.39, 0.29) is 11.5 Å². The number of nitrogens with zero attached hydrogens (tertiary/aromatic N) is 2. The van der Waals surface area contributed by atoms with Crippen molar-refractivity contribution in [1.29, 1.82) is 0 Å². The van der Waals surface area contributed by atoms with E-state index < -0.39 is 0 Å².